The van der Waals surface area contributed by atoms with Gasteiger partial charge in [-0.3, -0.25) is 9.48 Å². The largest absolute Gasteiger partial charge is 0.492 e. The van der Waals surface area contributed by atoms with Gasteiger partial charge >= 0.3 is 0 Å². The van der Waals surface area contributed by atoms with Crippen LogP contribution in [-0.2, 0) is 7.05 Å². The van der Waals surface area contributed by atoms with Gasteiger partial charge in [-0.15, -0.1) is 0 Å². The zero-order chi connectivity index (χ0) is 21.3. The van der Waals surface area contributed by atoms with Gasteiger partial charge < -0.3 is 10.5 Å². The van der Waals surface area contributed by atoms with Crippen LogP contribution in [-0.4, -0.2) is 36.1 Å². The highest BCUT2D eigenvalue weighted by Gasteiger charge is 2.16. The molecule has 3 aromatic heterocycles. The summed E-state index contributed by atoms with van der Waals surface area (Å²) < 4.78 is 8.37. The van der Waals surface area contributed by atoms with Gasteiger partial charge in [0.15, 0.2) is 5.82 Å². The Labute approximate surface area is 176 Å². The van der Waals surface area contributed by atoms with Crippen molar-refractivity contribution < 1.29 is 4.74 Å². The first kappa shape index (κ1) is 19.6. The number of aryl methyl sites for hydroxylation is 1. The van der Waals surface area contributed by atoms with Crippen LogP contribution in [0.4, 0.5) is 5.82 Å². The summed E-state index contributed by atoms with van der Waals surface area (Å²) >= 11 is 6.44. The van der Waals surface area contributed by atoms with Crippen molar-refractivity contribution in [3.05, 3.63) is 64.3 Å². The number of nitrogens with two attached hydrogens (primary N) is 1. The molecule has 0 saturated heterocycles. The van der Waals surface area contributed by atoms with Gasteiger partial charge in [0.05, 0.1) is 30.4 Å². The van der Waals surface area contributed by atoms with Crippen LogP contribution in [0.15, 0.2) is 53.7 Å². The van der Waals surface area contributed by atoms with Gasteiger partial charge in [-0.1, -0.05) is 17.7 Å². The van der Waals surface area contributed by atoms with E-state index >= 15 is 0 Å². The maximum atomic E-state index is 12.5. The topological polar surface area (TPSA) is 114 Å². The summed E-state index contributed by atoms with van der Waals surface area (Å²) in [6.45, 7) is 2.30. The van der Waals surface area contributed by atoms with E-state index in [0.717, 1.165) is 5.56 Å². The minimum absolute atomic E-state index is 0.189. The molecule has 152 valence electrons. The van der Waals surface area contributed by atoms with Crippen LogP contribution in [0.3, 0.4) is 0 Å². The summed E-state index contributed by atoms with van der Waals surface area (Å²) in [4.78, 5) is 21.3. The molecule has 10 heteroatoms. The lowest BCUT2D eigenvalue weighted by molar-refractivity contribution is 0.340. The number of hydrogen-bond donors (Lipinski definition) is 1. The summed E-state index contributed by atoms with van der Waals surface area (Å²) in [7, 11) is 1.81. The second-order valence-electron chi connectivity index (χ2n) is 6.38. The fourth-order valence-corrected chi connectivity index (χ4v) is 3.18. The Bertz CT molecular complexity index is 1280. The quantitative estimate of drug-likeness (QED) is 0.524. The van der Waals surface area contributed by atoms with E-state index < -0.39 is 0 Å². The standard InChI is InChI=1S/C20H18ClN7O2/c1-3-30-16-6-4-5-15(18(16)21)28-17(29)8-7-13(26-28)19-20(22)23-10-14(25-19)12-9-24-27(2)11-12/h4-11H,3H2,1-2H3,(H2,22,23). The maximum absolute atomic E-state index is 12.5. The highest BCUT2D eigenvalue weighted by Crippen LogP contribution is 2.30. The molecule has 0 amide bonds. The summed E-state index contributed by atoms with van der Waals surface area (Å²) in [5.74, 6) is 0.656. The SMILES string of the molecule is CCOc1cccc(-n2nc(-c3nc(-c4cnn(C)c4)cnc3N)ccc2=O)c1Cl. The molecule has 1 aromatic carbocycles. The highest BCUT2D eigenvalue weighted by molar-refractivity contribution is 6.33. The lowest BCUT2D eigenvalue weighted by Crippen LogP contribution is -2.21. The second kappa shape index (κ2) is 7.96. The van der Waals surface area contributed by atoms with Crippen LogP contribution in [0, 0.1) is 0 Å². The molecule has 4 rings (SSSR count). The smallest absolute Gasteiger partial charge is 0.271 e. The Balaban J connectivity index is 1.84. The molecule has 0 bridgehead atoms. The summed E-state index contributed by atoms with van der Waals surface area (Å²) in [6.07, 6.45) is 5.06. The van der Waals surface area contributed by atoms with Crippen molar-refractivity contribution in [2.45, 2.75) is 6.92 Å². The number of nitrogen functional groups attached to an aromatic ring is 1. The van der Waals surface area contributed by atoms with Gasteiger partial charge in [-0.2, -0.15) is 14.9 Å². The van der Waals surface area contributed by atoms with E-state index in [4.69, 9.17) is 22.1 Å². The molecule has 30 heavy (non-hydrogen) atoms. The van der Waals surface area contributed by atoms with Crippen LogP contribution in [0.25, 0.3) is 28.3 Å². The second-order valence-corrected chi connectivity index (χ2v) is 6.76. The fourth-order valence-electron chi connectivity index (χ4n) is 2.92. The molecule has 0 spiro atoms. The predicted octanol–water partition coefficient (Wildman–Crippen LogP) is 2.72. The van der Waals surface area contributed by atoms with Crippen molar-refractivity contribution in [1.82, 2.24) is 29.5 Å². The molecule has 2 N–H and O–H groups in total. The van der Waals surface area contributed by atoms with E-state index in [1.165, 1.54) is 10.7 Å². The third kappa shape index (κ3) is 3.62. The fraction of sp³-hybridized carbons (Fsp3) is 0.150. The summed E-state index contributed by atoms with van der Waals surface area (Å²) in [5.41, 5.74) is 8.19. The first-order valence-electron chi connectivity index (χ1n) is 9.12. The Morgan fingerprint density at radius 2 is 2.00 bits per heavy atom. The molecule has 0 unspecified atom stereocenters. The number of aromatic nitrogens is 6. The van der Waals surface area contributed by atoms with E-state index in [1.807, 2.05) is 20.2 Å². The number of hydrogen-bond acceptors (Lipinski definition) is 7. The van der Waals surface area contributed by atoms with Crippen molar-refractivity contribution in [3.8, 4) is 34.1 Å². The van der Waals surface area contributed by atoms with E-state index in [2.05, 4.69) is 20.2 Å². The van der Waals surface area contributed by atoms with Crippen molar-refractivity contribution >= 4 is 17.4 Å². The van der Waals surface area contributed by atoms with Crippen molar-refractivity contribution in [2.75, 3.05) is 12.3 Å². The van der Waals surface area contributed by atoms with Gasteiger partial charge in [0, 0.05) is 24.9 Å². The van der Waals surface area contributed by atoms with Gasteiger partial charge in [0.25, 0.3) is 5.56 Å². The molecule has 9 nitrogen and oxygen atoms in total. The minimum atomic E-state index is -0.357. The van der Waals surface area contributed by atoms with Gasteiger partial charge in [-0.05, 0) is 25.1 Å². The molecule has 0 atom stereocenters. The number of rotatable bonds is 5. The third-order valence-corrected chi connectivity index (χ3v) is 4.70. The van der Waals surface area contributed by atoms with Crippen LogP contribution in [0.1, 0.15) is 6.92 Å². The zero-order valence-corrected chi connectivity index (χ0v) is 17.0. The Morgan fingerprint density at radius 1 is 1.17 bits per heavy atom. The average Bonchev–Trinajstić information content (AvgIpc) is 3.17. The molecule has 0 fully saturated rings. The van der Waals surface area contributed by atoms with Crippen molar-refractivity contribution in [3.63, 3.8) is 0 Å². The Hall–Kier alpha value is -3.72. The zero-order valence-electron chi connectivity index (χ0n) is 16.3. The molecule has 4 aromatic rings. The van der Waals surface area contributed by atoms with Crippen LogP contribution in [0.2, 0.25) is 5.02 Å². The first-order chi connectivity index (χ1) is 14.5. The monoisotopic (exact) mass is 423 g/mol. The predicted molar refractivity (Wildman–Crippen MR) is 114 cm³/mol. The van der Waals surface area contributed by atoms with E-state index in [-0.39, 0.29) is 16.4 Å². The minimum Gasteiger partial charge on any atom is -0.492 e. The van der Waals surface area contributed by atoms with Gasteiger partial charge in [0.1, 0.15) is 22.2 Å². The third-order valence-electron chi connectivity index (χ3n) is 4.32. The van der Waals surface area contributed by atoms with E-state index in [9.17, 15) is 4.79 Å². The van der Waals surface area contributed by atoms with E-state index in [0.29, 0.717) is 35.1 Å². The Morgan fingerprint density at radius 3 is 2.73 bits per heavy atom. The molecule has 0 saturated carbocycles. The first-order valence-corrected chi connectivity index (χ1v) is 9.49. The Kier molecular flexibility index (Phi) is 5.20. The van der Waals surface area contributed by atoms with Crippen LogP contribution < -0.4 is 16.0 Å². The molecule has 0 radical (unpaired) electrons. The normalized spacial score (nSPS) is 10.9. The molecule has 0 aliphatic rings. The number of halogens is 1. The lowest BCUT2D eigenvalue weighted by Gasteiger charge is -2.12. The number of benzene rings is 1. The molecule has 0 aliphatic heterocycles. The number of anilines is 1. The van der Waals surface area contributed by atoms with Gasteiger partial charge in [-0.25, -0.2) is 9.97 Å². The summed E-state index contributed by atoms with van der Waals surface area (Å²) in [5, 5.41) is 8.87. The average molecular weight is 424 g/mol. The molecule has 0 aliphatic carbocycles. The van der Waals surface area contributed by atoms with Crippen molar-refractivity contribution in [1.29, 1.82) is 0 Å². The molecular weight excluding hydrogens is 406 g/mol. The highest BCUT2D eigenvalue weighted by atomic mass is 35.5. The molecule has 3 heterocycles. The number of ether oxygens (including phenoxy) is 1. The number of nitrogens with zero attached hydrogens (tertiary/aromatic N) is 6. The summed E-state index contributed by atoms with van der Waals surface area (Å²) in [6, 6.07) is 8.08. The maximum Gasteiger partial charge on any atom is 0.271 e. The van der Waals surface area contributed by atoms with Crippen LogP contribution >= 0.6 is 11.6 Å². The van der Waals surface area contributed by atoms with Crippen LogP contribution in [0.5, 0.6) is 5.75 Å². The van der Waals surface area contributed by atoms with Crippen molar-refractivity contribution in [2.24, 2.45) is 7.05 Å². The van der Waals surface area contributed by atoms with E-state index in [1.54, 1.807) is 41.3 Å². The lowest BCUT2D eigenvalue weighted by atomic mass is 10.2. The molecular formula is C20H18ClN7O2. The van der Waals surface area contributed by atoms with Gasteiger partial charge in [0.2, 0.25) is 0 Å².